The van der Waals surface area contributed by atoms with E-state index in [0.29, 0.717) is 28.8 Å². The molecule has 1 amide bonds. The van der Waals surface area contributed by atoms with Crippen LogP contribution < -0.4 is 5.32 Å². The Kier molecular flexibility index (Phi) is 6.46. The molecule has 0 radical (unpaired) electrons. The third-order valence-electron chi connectivity index (χ3n) is 2.41. The molecule has 5 heteroatoms. The standard InChI is InChI=1S/C14H16Cl2N2O/c1-3-7-18(8-4-2)14(19)10-17-13-6-5-11(15)9-12(13)16/h3-6,9,17H,1-2,7-8,10H2. The van der Waals surface area contributed by atoms with E-state index in [1.54, 1.807) is 35.3 Å². The van der Waals surface area contributed by atoms with Crippen LogP contribution in [0.1, 0.15) is 0 Å². The van der Waals surface area contributed by atoms with Crippen LogP contribution in [0.5, 0.6) is 0 Å². The number of amides is 1. The van der Waals surface area contributed by atoms with E-state index in [-0.39, 0.29) is 12.5 Å². The van der Waals surface area contributed by atoms with Crippen molar-refractivity contribution in [3.05, 3.63) is 53.6 Å². The molecule has 102 valence electrons. The highest BCUT2D eigenvalue weighted by atomic mass is 35.5. The SMILES string of the molecule is C=CCN(CC=C)C(=O)CNc1ccc(Cl)cc1Cl. The summed E-state index contributed by atoms with van der Waals surface area (Å²) in [5.74, 6) is -0.0502. The van der Waals surface area contributed by atoms with Crippen molar-refractivity contribution in [2.45, 2.75) is 0 Å². The predicted octanol–water partition coefficient (Wildman–Crippen LogP) is 3.61. The van der Waals surface area contributed by atoms with Crippen LogP contribution in [0.3, 0.4) is 0 Å². The van der Waals surface area contributed by atoms with Crippen molar-refractivity contribution in [1.29, 1.82) is 0 Å². The summed E-state index contributed by atoms with van der Waals surface area (Å²) >= 11 is 11.8. The first kappa shape index (κ1) is 15.6. The second-order valence-corrected chi connectivity index (χ2v) is 4.70. The second kappa shape index (κ2) is 7.87. The number of benzene rings is 1. The molecule has 3 nitrogen and oxygen atoms in total. The van der Waals surface area contributed by atoms with Crippen LogP contribution in [0.2, 0.25) is 10.0 Å². The van der Waals surface area contributed by atoms with E-state index in [0.717, 1.165) is 0 Å². The molecule has 1 aromatic rings. The third kappa shape index (κ3) is 4.97. The van der Waals surface area contributed by atoms with Gasteiger partial charge in [-0.15, -0.1) is 13.2 Å². The van der Waals surface area contributed by atoms with Crippen LogP contribution in [0, 0.1) is 0 Å². The lowest BCUT2D eigenvalue weighted by Gasteiger charge is -2.20. The molecule has 0 fully saturated rings. The molecule has 0 aliphatic heterocycles. The molecule has 0 spiro atoms. The van der Waals surface area contributed by atoms with Gasteiger partial charge in [0.05, 0.1) is 17.3 Å². The predicted molar refractivity (Wildman–Crippen MR) is 81.9 cm³/mol. The Labute approximate surface area is 123 Å². The van der Waals surface area contributed by atoms with Crippen LogP contribution in [0.25, 0.3) is 0 Å². The van der Waals surface area contributed by atoms with E-state index in [4.69, 9.17) is 23.2 Å². The number of nitrogens with zero attached hydrogens (tertiary/aromatic N) is 1. The molecule has 0 aliphatic rings. The summed E-state index contributed by atoms with van der Waals surface area (Å²) < 4.78 is 0. The maximum absolute atomic E-state index is 12.0. The van der Waals surface area contributed by atoms with Crippen LogP contribution in [0.4, 0.5) is 5.69 Å². The summed E-state index contributed by atoms with van der Waals surface area (Å²) in [5.41, 5.74) is 0.677. The molecule has 0 aliphatic carbocycles. The zero-order chi connectivity index (χ0) is 14.3. The molecule has 0 saturated heterocycles. The zero-order valence-electron chi connectivity index (χ0n) is 10.5. The minimum Gasteiger partial charge on any atom is -0.375 e. The maximum atomic E-state index is 12.0. The first-order valence-electron chi connectivity index (χ1n) is 5.77. The first-order chi connectivity index (χ1) is 9.08. The van der Waals surface area contributed by atoms with Crippen molar-refractivity contribution in [3.63, 3.8) is 0 Å². The monoisotopic (exact) mass is 298 g/mol. The average molecular weight is 299 g/mol. The number of hydrogen-bond acceptors (Lipinski definition) is 2. The smallest absolute Gasteiger partial charge is 0.242 e. The van der Waals surface area contributed by atoms with E-state index >= 15 is 0 Å². The summed E-state index contributed by atoms with van der Waals surface area (Å²) in [4.78, 5) is 13.6. The van der Waals surface area contributed by atoms with Crippen LogP contribution in [0.15, 0.2) is 43.5 Å². The lowest BCUT2D eigenvalue weighted by molar-refractivity contribution is -0.128. The van der Waals surface area contributed by atoms with Crippen LogP contribution >= 0.6 is 23.2 Å². The second-order valence-electron chi connectivity index (χ2n) is 3.85. The van der Waals surface area contributed by atoms with Gasteiger partial charge in [-0.05, 0) is 18.2 Å². The first-order valence-corrected chi connectivity index (χ1v) is 6.52. The van der Waals surface area contributed by atoms with Crippen molar-refractivity contribution in [1.82, 2.24) is 4.90 Å². The Hall–Kier alpha value is -1.45. The Morgan fingerprint density at radius 1 is 1.26 bits per heavy atom. The molecular formula is C14H16Cl2N2O. The molecule has 0 aromatic heterocycles. The van der Waals surface area contributed by atoms with Gasteiger partial charge >= 0.3 is 0 Å². The molecule has 0 atom stereocenters. The van der Waals surface area contributed by atoms with Gasteiger partial charge in [0.2, 0.25) is 5.91 Å². The molecule has 0 heterocycles. The normalized spacial score (nSPS) is 9.79. The molecule has 0 bridgehead atoms. The Balaban J connectivity index is 2.61. The number of carbonyl (C=O) groups excluding carboxylic acids is 1. The van der Waals surface area contributed by atoms with Crippen molar-refractivity contribution >= 4 is 34.8 Å². The number of anilines is 1. The van der Waals surface area contributed by atoms with Crippen LogP contribution in [-0.2, 0) is 4.79 Å². The largest absolute Gasteiger partial charge is 0.375 e. The zero-order valence-corrected chi connectivity index (χ0v) is 12.0. The number of halogens is 2. The number of nitrogens with one attached hydrogen (secondary N) is 1. The van der Waals surface area contributed by atoms with E-state index in [1.807, 2.05) is 0 Å². The molecule has 19 heavy (non-hydrogen) atoms. The summed E-state index contributed by atoms with van der Waals surface area (Å²) in [7, 11) is 0. The van der Waals surface area contributed by atoms with E-state index in [1.165, 1.54) is 0 Å². The van der Waals surface area contributed by atoms with E-state index in [9.17, 15) is 4.79 Å². The quantitative estimate of drug-likeness (QED) is 0.780. The highest BCUT2D eigenvalue weighted by molar-refractivity contribution is 6.36. The van der Waals surface area contributed by atoms with E-state index in [2.05, 4.69) is 18.5 Å². The summed E-state index contributed by atoms with van der Waals surface area (Å²) in [6.45, 7) is 8.38. The van der Waals surface area contributed by atoms with Gasteiger partial charge in [-0.25, -0.2) is 0 Å². The molecule has 0 unspecified atom stereocenters. The fourth-order valence-corrected chi connectivity index (χ4v) is 1.98. The Morgan fingerprint density at radius 3 is 2.42 bits per heavy atom. The van der Waals surface area contributed by atoms with Gasteiger partial charge in [0.25, 0.3) is 0 Å². The van der Waals surface area contributed by atoms with Crippen molar-refractivity contribution < 1.29 is 4.79 Å². The molecule has 0 saturated carbocycles. The van der Waals surface area contributed by atoms with Gasteiger partial charge in [0.1, 0.15) is 0 Å². The summed E-state index contributed by atoms with van der Waals surface area (Å²) in [6, 6.07) is 5.08. The lowest BCUT2D eigenvalue weighted by Crippen LogP contribution is -2.35. The Bertz CT molecular complexity index is 465. The van der Waals surface area contributed by atoms with Crippen molar-refractivity contribution in [2.24, 2.45) is 0 Å². The average Bonchev–Trinajstić information content (AvgIpc) is 2.37. The topological polar surface area (TPSA) is 32.3 Å². The molecule has 1 aromatic carbocycles. The summed E-state index contributed by atoms with van der Waals surface area (Å²) in [6.07, 6.45) is 3.35. The van der Waals surface area contributed by atoms with Gasteiger partial charge in [-0.2, -0.15) is 0 Å². The van der Waals surface area contributed by atoms with E-state index < -0.39 is 0 Å². The number of rotatable bonds is 7. The lowest BCUT2D eigenvalue weighted by atomic mass is 10.3. The minimum atomic E-state index is -0.0502. The van der Waals surface area contributed by atoms with Gasteiger partial charge < -0.3 is 10.2 Å². The molecule has 1 rings (SSSR count). The molecule has 1 N–H and O–H groups in total. The number of carbonyl (C=O) groups is 1. The van der Waals surface area contributed by atoms with Crippen molar-refractivity contribution in [3.8, 4) is 0 Å². The third-order valence-corrected chi connectivity index (χ3v) is 2.96. The fraction of sp³-hybridized carbons (Fsp3) is 0.214. The van der Waals surface area contributed by atoms with Crippen LogP contribution in [-0.4, -0.2) is 30.4 Å². The van der Waals surface area contributed by atoms with Gasteiger partial charge in [0, 0.05) is 18.1 Å². The fourth-order valence-electron chi connectivity index (χ4n) is 1.51. The van der Waals surface area contributed by atoms with Gasteiger partial charge in [0.15, 0.2) is 0 Å². The maximum Gasteiger partial charge on any atom is 0.242 e. The highest BCUT2D eigenvalue weighted by Crippen LogP contribution is 2.25. The van der Waals surface area contributed by atoms with Crippen molar-refractivity contribution in [2.75, 3.05) is 25.0 Å². The Morgan fingerprint density at radius 2 is 1.89 bits per heavy atom. The molecular weight excluding hydrogens is 283 g/mol. The van der Waals surface area contributed by atoms with Gasteiger partial charge in [-0.1, -0.05) is 35.4 Å². The summed E-state index contributed by atoms with van der Waals surface area (Å²) in [5, 5.41) is 4.03. The number of hydrogen-bond donors (Lipinski definition) is 1. The van der Waals surface area contributed by atoms with Gasteiger partial charge in [-0.3, -0.25) is 4.79 Å². The minimum absolute atomic E-state index is 0.0502. The highest BCUT2D eigenvalue weighted by Gasteiger charge is 2.11.